The molecule has 0 unspecified atom stereocenters. The quantitative estimate of drug-likeness (QED) is 0.591. The Balaban J connectivity index is 1.83. The van der Waals surface area contributed by atoms with Gasteiger partial charge in [0.25, 0.3) is 0 Å². The molecule has 1 aromatic heterocycles. The van der Waals surface area contributed by atoms with Crippen LogP contribution < -0.4 is 0 Å². The van der Waals surface area contributed by atoms with Crippen molar-refractivity contribution in [3.8, 4) is 0 Å². The normalized spacial score (nSPS) is 20.7. The average Bonchev–Trinajstić information content (AvgIpc) is 2.98. The second-order valence-electron chi connectivity index (χ2n) is 6.93. The molecule has 1 aliphatic heterocycles. The first-order valence-corrected chi connectivity index (χ1v) is 8.62. The Bertz CT molecular complexity index is 862. The predicted molar refractivity (Wildman–Crippen MR) is 90.6 cm³/mol. The maximum Gasteiger partial charge on any atom is 0.422 e. The number of halogens is 3. The summed E-state index contributed by atoms with van der Waals surface area (Å²) in [6.07, 6.45) is -1.51. The minimum Gasteiger partial charge on any atom is -0.449 e. The van der Waals surface area contributed by atoms with Crippen LogP contribution in [-0.2, 0) is 21.4 Å². The highest BCUT2D eigenvalue weighted by Gasteiger charge is 2.37. The van der Waals surface area contributed by atoms with E-state index in [1.54, 1.807) is 10.9 Å². The van der Waals surface area contributed by atoms with Crippen molar-refractivity contribution >= 4 is 22.8 Å². The van der Waals surface area contributed by atoms with Crippen LogP contribution in [0.2, 0.25) is 0 Å². The molecule has 146 valence electrons. The zero-order chi connectivity index (χ0) is 19.8. The fourth-order valence-corrected chi connectivity index (χ4v) is 3.44. The Kier molecular flexibility index (Phi) is 5.12. The molecule has 1 fully saturated rings. The van der Waals surface area contributed by atoms with E-state index >= 15 is 0 Å². The summed E-state index contributed by atoms with van der Waals surface area (Å²) in [6, 6.07) is 5.23. The molecule has 0 bridgehead atoms. The van der Waals surface area contributed by atoms with Crippen LogP contribution in [0.25, 0.3) is 10.9 Å². The molecular formula is C18H20F3N3O3. The van der Waals surface area contributed by atoms with Crippen molar-refractivity contribution in [3.05, 3.63) is 30.0 Å². The van der Waals surface area contributed by atoms with Crippen molar-refractivity contribution in [3.63, 3.8) is 0 Å². The number of fused-ring (bicyclic) bond motifs is 1. The van der Waals surface area contributed by atoms with Crippen molar-refractivity contribution in [2.75, 3.05) is 13.2 Å². The standard InChI is InChI=1S/C18H20F3N3O3/c1-11-3-5-15(12-4-6-14-13(7-12)8-22-23(14)2)24(9-11)16(25)17(26)27-10-18(19,20)21/h4,6-8,11,15H,3,5,9-10H2,1-2H3/t11-,15+/m0/s1. The topological polar surface area (TPSA) is 64.4 Å². The number of piperidine rings is 1. The number of likely N-dealkylation sites (tertiary alicyclic amines) is 1. The SMILES string of the molecule is C[C@H]1CC[C@H](c2ccc3c(cnn3C)c2)N(C(=O)C(=O)OCC(F)(F)F)C1. The number of aromatic nitrogens is 2. The lowest BCUT2D eigenvalue weighted by atomic mass is 9.89. The van der Waals surface area contributed by atoms with Gasteiger partial charge in [0, 0.05) is 19.0 Å². The third kappa shape index (κ3) is 4.23. The molecule has 1 saturated heterocycles. The molecule has 0 saturated carbocycles. The molecule has 0 radical (unpaired) electrons. The van der Waals surface area contributed by atoms with Crippen LogP contribution in [0.5, 0.6) is 0 Å². The Hall–Kier alpha value is -2.58. The highest BCUT2D eigenvalue weighted by molar-refractivity contribution is 6.32. The Morgan fingerprint density at radius 2 is 2.04 bits per heavy atom. The molecule has 0 spiro atoms. The van der Waals surface area contributed by atoms with E-state index in [1.807, 2.05) is 32.2 Å². The number of rotatable bonds is 2. The molecule has 1 aliphatic rings. The Morgan fingerprint density at radius 3 is 2.74 bits per heavy atom. The van der Waals surface area contributed by atoms with Crippen LogP contribution >= 0.6 is 0 Å². The van der Waals surface area contributed by atoms with Gasteiger partial charge < -0.3 is 9.64 Å². The number of aryl methyl sites for hydroxylation is 1. The Morgan fingerprint density at radius 1 is 1.30 bits per heavy atom. The molecule has 2 aromatic rings. The molecule has 1 amide bonds. The molecule has 27 heavy (non-hydrogen) atoms. The van der Waals surface area contributed by atoms with Crippen LogP contribution in [0.3, 0.4) is 0 Å². The van der Waals surface area contributed by atoms with Gasteiger partial charge in [-0.25, -0.2) is 4.79 Å². The minimum atomic E-state index is -4.67. The molecule has 3 rings (SSSR count). The van der Waals surface area contributed by atoms with Gasteiger partial charge in [0.1, 0.15) is 0 Å². The van der Waals surface area contributed by atoms with E-state index in [4.69, 9.17) is 0 Å². The van der Waals surface area contributed by atoms with Crippen molar-refractivity contribution < 1.29 is 27.5 Å². The molecular weight excluding hydrogens is 363 g/mol. The van der Waals surface area contributed by atoms with Gasteiger partial charge in [-0.3, -0.25) is 9.48 Å². The molecule has 6 nitrogen and oxygen atoms in total. The maximum absolute atomic E-state index is 12.5. The highest BCUT2D eigenvalue weighted by atomic mass is 19.4. The highest BCUT2D eigenvalue weighted by Crippen LogP contribution is 2.34. The van der Waals surface area contributed by atoms with Gasteiger partial charge in [-0.15, -0.1) is 0 Å². The van der Waals surface area contributed by atoms with Gasteiger partial charge in [0.05, 0.1) is 17.8 Å². The number of nitrogens with zero attached hydrogens (tertiary/aromatic N) is 3. The van der Waals surface area contributed by atoms with E-state index in [0.29, 0.717) is 6.42 Å². The average molecular weight is 383 g/mol. The van der Waals surface area contributed by atoms with Gasteiger partial charge in [0.2, 0.25) is 0 Å². The summed E-state index contributed by atoms with van der Waals surface area (Å²) in [6.45, 7) is 0.449. The number of amides is 1. The Labute approximate surface area is 153 Å². The molecule has 1 aromatic carbocycles. The molecule has 9 heteroatoms. The number of hydrogen-bond donors (Lipinski definition) is 0. The summed E-state index contributed by atoms with van der Waals surface area (Å²) in [7, 11) is 1.82. The lowest BCUT2D eigenvalue weighted by molar-refractivity contribution is -0.190. The van der Waals surface area contributed by atoms with Gasteiger partial charge >= 0.3 is 18.1 Å². The number of esters is 1. The van der Waals surface area contributed by atoms with Gasteiger partial charge in [-0.1, -0.05) is 13.0 Å². The van der Waals surface area contributed by atoms with Crippen LogP contribution in [-0.4, -0.2) is 45.9 Å². The molecule has 2 heterocycles. The van der Waals surface area contributed by atoms with E-state index in [2.05, 4.69) is 9.84 Å². The predicted octanol–water partition coefficient (Wildman–Crippen LogP) is 2.98. The number of hydrogen-bond acceptors (Lipinski definition) is 4. The van der Waals surface area contributed by atoms with Gasteiger partial charge in [0.15, 0.2) is 6.61 Å². The summed E-state index contributed by atoms with van der Waals surface area (Å²) in [4.78, 5) is 25.7. The van der Waals surface area contributed by atoms with Crippen molar-refractivity contribution in [1.29, 1.82) is 0 Å². The first-order valence-electron chi connectivity index (χ1n) is 8.62. The lowest BCUT2D eigenvalue weighted by Crippen LogP contribution is -2.45. The number of carbonyl (C=O) groups excluding carboxylic acids is 2. The van der Waals surface area contributed by atoms with Crippen LogP contribution in [0.1, 0.15) is 31.4 Å². The van der Waals surface area contributed by atoms with Crippen molar-refractivity contribution in [1.82, 2.24) is 14.7 Å². The molecule has 0 aliphatic carbocycles. The first-order chi connectivity index (χ1) is 12.7. The zero-order valence-corrected chi connectivity index (χ0v) is 15.0. The minimum absolute atomic E-state index is 0.141. The molecule has 0 N–H and O–H groups in total. The van der Waals surface area contributed by atoms with E-state index < -0.39 is 30.7 Å². The number of ether oxygens (including phenoxy) is 1. The molecule has 2 atom stereocenters. The van der Waals surface area contributed by atoms with E-state index in [-0.39, 0.29) is 12.5 Å². The second-order valence-corrected chi connectivity index (χ2v) is 6.93. The summed E-state index contributed by atoms with van der Waals surface area (Å²) in [5, 5.41) is 5.07. The summed E-state index contributed by atoms with van der Waals surface area (Å²) < 4.78 is 42.7. The fraction of sp³-hybridized carbons (Fsp3) is 0.500. The number of alkyl halides is 3. The fourth-order valence-electron chi connectivity index (χ4n) is 3.44. The van der Waals surface area contributed by atoms with E-state index in [0.717, 1.165) is 22.9 Å². The largest absolute Gasteiger partial charge is 0.449 e. The third-order valence-corrected chi connectivity index (χ3v) is 4.77. The first kappa shape index (κ1) is 19.2. The van der Waals surface area contributed by atoms with E-state index in [9.17, 15) is 22.8 Å². The number of benzene rings is 1. The summed E-state index contributed by atoms with van der Waals surface area (Å²) in [5.41, 5.74) is 1.74. The van der Waals surface area contributed by atoms with Gasteiger partial charge in [-0.2, -0.15) is 18.3 Å². The van der Waals surface area contributed by atoms with Crippen LogP contribution in [0.4, 0.5) is 13.2 Å². The monoisotopic (exact) mass is 383 g/mol. The van der Waals surface area contributed by atoms with Crippen LogP contribution in [0, 0.1) is 5.92 Å². The summed E-state index contributed by atoms with van der Waals surface area (Å²) >= 11 is 0. The third-order valence-electron chi connectivity index (χ3n) is 4.77. The number of carbonyl (C=O) groups is 2. The lowest BCUT2D eigenvalue weighted by Gasteiger charge is -2.38. The van der Waals surface area contributed by atoms with Gasteiger partial charge in [-0.05, 0) is 36.5 Å². The van der Waals surface area contributed by atoms with E-state index in [1.165, 1.54) is 4.90 Å². The zero-order valence-electron chi connectivity index (χ0n) is 15.0. The smallest absolute Gasteiger partial charge is 0.422 e. The second kappa shape index (κ2) is 7.21. The van der Waals surface area contributed by atoms with Crippen molar-refractivity contribution in [2.24, 2.45) is 13.0 Å². The summed E-state index contributed by atoms with van der Waals surface area (Å²) in [5.74, 6) is -2.38. The van der Waals surface area contributed by atoms with Crippen molar-refractivity contribution in [2.45, 2.75) is 32.0 Å². The van der Waals surface area contributed by atoms with Crippen LogP contribution in [0.15, 0.2) is 24.4 Å². The maximum atomic E-state index is 12.5.